The first-order valence-corrected chi connectivity index (χ1v) is 9.37. The van der Waals surface area contributed by atoms with Crippen LogP contribution in [0.25, 0.3) is 11.3 Å². The lowest BCUT2D eigenvalue weighted by Gasteiger charge is -2.09. The highest BCUT2D eigenvalue weighted by atomic mass is 32.2. The van der Waals surface area contributed by atoms with Gasteiger partial charge in [-0.05, 0) is 19.1 Å². The monoisotopic (exact) mass is 374 g/mol. The van der Waals surface area contributed by atoms with Gasteiger partial charge >= 0.3 is 0 Å². The average molecular weight is 374 g/mol. The number of aromatic nitrogens is 3. The van der Waals surface area contributed by atoms with Crippen LogP contribution in [0.15, 0.2) is 47.2 Å². The number of hydrogen-bond acceptors (Lipinski definition) is 6. The Labute approximate surface area is 154 Å². The molecule has 1 unspecified atom stereocenters. The molecule has 0 radical (unpaired) electrons. The first kappa shape index (κ1) is 17.5. The molecule has 0 bridgehead atoms. The summed E-state index contributed by atoms with van der Waals surface area (Å²) in [6.07, 6.45) is 3.57. The Hall–Kier alpha value is -2.32. The summed E-state index contributed by atoms with van der Waals surface area (Å²) in [6, 6.07) is 7.68. The number of benzene rings is 1. The van der Waals surface area contributed by atoms with Gasteiger partial charge in [-0.25, -0.2) is 9.97 Å². The second-order valence-electron chi connectivity index (χ2n) is 5.34. The van der Waals surface area contributed by atoms with E-state index < -0.39 is 0 Å². The van der Waals surface area contributed by atoms with E-state index in [2.05, 4.69) is 15.3 Å². The molecule has 1 amide bonds. The Morgan fingerprint density at radius 3 is 3.00 bits per heavy atom. The average Bonchev–Trinajstić information content (AvgIpc) is 3.24. The lowest BCUT2D eigenvalue weighted by molar-refractivity contribution is -0.115. The van der Waals surface area contributed by atoms with Crippen molar-refractivity contribution in [2.24, 2.45) is 7.05 Å². The number of methoxy groups -OCH3 is 1. The van der Waals surface area contributed by atoms with Crippen LogP contribution in [0.4, 0.5) is 5.13 Å². The largest absolute Gasteiger partial charge is 0.497 e. The number of nitrogens with one attached hydrogen (secondary N) is 1. The van der Waals surface area contributed by atoms with Crippen molar-refractivity contribution >= 4 is 34.1 Å². The lowest BCUT2D eigenvalue weighted by atomic mass is 10.2. The smallest absolute Gasteiger partial charge is 0.239 e. The van der Waals surface area contributed by atoms with Crippen molar-refractivity contribution in [2.45, 2.75) is 17.3 Å². The zero-order valence-electron chi connectivity index (χ0n) is 14.1. The third-order valence-electron chi connectivity index (χ3n) is 3.53. The highest BCUT2D eigenvalue weighted by Crippen LogP contribution is 2.28. The van der Waals surface area contributed by atoms with Crippen LogP contribution in [-0.4, -0.2) is 32.8 Å². The maximum atomic E-state index is 12.4. The number of carbonyl (C=O) groups is 1. The normalized spacial score (nSPS) is 12.0. The minimum atomic E-state index is -0.273. The Balaban J connectivity index is 1.66. The molecule has 1 atom stereocenters. The Morgan fingerprint density at radius 1 is 1.44 bits per heavy atom. The van der Waals surface area contributed by atoms with Crippen LogP contribution < -0.4 is 10.1 Å². The standard InChI is InChI=1S/C17H18N4O2S2/c1-11(25-17-18-7-8-21(17)2)15(22)20-16-19-14(10-24-16)12-5-4-6-13(9-12)23-3/h4-11H,1-3H3,(H,19,20,22). The van der Waals surface area contributed by atoms with E-state index >= 15 is 0 Å². The van der Waals surface area contributed by atoms with Crippen LogP contribution in [0.1, 0.15) is 6.92 Å². The van der Waals surface area contributed by atoms with Crippen molar-refractivity contribution < 1.29 is 9.53 Å². The second-order valence-corrected chi connectivity index (χ2v) is 7.51. The van der Waals surface area contributed by atoms with E-state index in [9.17, 15) is 4.79 Å². The fraction of sp³-hybridized carbons (Fsp3) is 0.235. The first-order chi connectivity index (χ1) is 12.1. The van der Waals surface area contributed by atoms with Gasteiger partial charge in [0.25, 0.3) is 0 Å². The molecule has 0 saturated heterocycles. The molecule has 6 nitrogen and oxygen atoms in total. The van der Waals surface area contributed by atoms with Gasteiger partial charge in [-0.3, -0.25) is 4.79 Å². The van der Waals surface area contributed by atoms with Crippen LogP contribution in [0.3, 0.4) is 0 Å². The molecule has 0 aliphatic rings. The van der Waals surface area contributed by atoms with Gasteiger partial charge in [0.2, 0.25) is 5.91 Å². The molecule has 130 valence electrons. The SMILES string of the molecule is COc1cccc(-c2csc(NC(=O)C(C)Sc3nccn3C)n2)c1. The number of rotatable bonds is 6. The summed E-state index contributed by atoms with van der Waals surface area (Å²) in [7, 11) is 3.54. The number of imidazole rings is 1. The van der Waals surface area contributed by atoms with Crippen molar-refractivity contribution in [1.82, 2.24) is 14.5 Å². The van der Waals surface area contributed by atoms with Crippen LogP contribution in [0.2, 0.25) is 0 Å². The molecule has 2 heterocycles. The maximum absolute atomic E-state index is 12.4. The van der Waals surface area contributed by atoms with Gasteiger partial charge in [-0.2, -0.15) is 0 Å². The minimum Gasteiger partial charge on any atom is -0.497 e. The number of ether oxygens (including phenoxy) is 1. The molecule has 25 heavy (non-hydrogen) atoms. The summed E-state index contributed by atoms with van der Waals surface area (Å²) < 4.78 is 7.12. The lowest BCUT2D eigenvalue weighted by Crippen LogP contribution is -2.22. The molecule has 0 saturated carbocycles. The number of nitrogens with zero attached hydrogens (tertiary/aromatic N) is 3. The van der Waals surface area contributed by atoms with Crippen molar-refractivity contribution in [2.75, 3.05) is 12.4 Å². The summed E-state index contributed by atoms with van der Waals surface area (Å²) >= 11 is 2.81. The molecule has 2 aromatic heterocycles. The molecule has 1 aromatic carbocycles. The van der Waals surface area contributed by atoms with E-state index in [1.54, 1.807) is 13.3 Å². The number of thioether (sulfide) groups is 1. The van der Waals surface area contributed by atoms with Gasteiger partial charge < -0.3 is 14.6 Å². The fourth-order valence-corrected chi connectivity index (χ4v) is 3.68. The molecular weight excluding hydrogens is 356 g/mol. The van der Waals surface area contributed by atoms with Crippen LogP contribution >= 0.6 is 23.1 Å². The third kappa shape index (κ3) is 4.21. The number of amides is 1. The van der Waals surface area contributed by atoms with Crippen LogP contribution in [0.5, 0.6) is 5.75 Å². The van der Waals surface area contributed by atoms with Gasteiger partial charge in [0.15, 0.2) is 10.3 Å². The number of aryl methyl sites for hydroxylation is 1. The molecule has 1 N–H and O–H groups in total. The summed E-state index contributed by atoms with van der Waals surface area (Å²) in [5, 5.41) is 5.90. The zero-order chi connectivity index (χ0) is 17.8. The predicted molar refractivity (Wildman–Crippen MR) is 101 cm³/mol. The topological polar surface area (TPSA) is 69.0 Å². The highest BCUT2D eigenvalue weighted by Gasteiger charge is 2.18. The van der Waals surface area contributed by atoms with E-state index in [-0.39, 0.29) is 11.2 Å². The molecule has 0 aliphatic carbocycles. The number of carbonyl (C=O) groups excluding carboxylic acids is 1. The second kappa shape index (κ2) is 7.71. The van der Waals surface area contributed by atoms with E-state index in [0.717, 1.165) is 22.2 Å². The summed E-state index contributed by atoms with van der Waals surface area (Å²) in [5.41, 5.74) is 1.76. The first-order valence-electron chi connectivity index (χ1n) is 7.61. The van der Waals surface area contributed by atoms with Crippen molar-refractivity contribution in [3.8, 4) is 17.0 Å². The van der Waals surface area contributed by atoms with Gasteiger partial charge in [0.05, 0.1) is 18.1 Å². The van der Waals surface area contributed by atoms with E-state index in [1.807, 2.05) is 54.4 Å². The van der Waals surface area contributed by atoms with Crippen LogP contribution in [-0.2, 0) is 11.8 Å². The minimum absolute atomic E-state index is 0.0976. The Morgan fingerprint density at radius 2 is 2.28 bits per heavy atom. The molecule has 8 heteroatoms. The molecule has 3 rings (SSSR count). The van der Waals surface area contributed by atoms with Crippen molar-refractivity contribution in [1.29, 1.82) is 0 Å². The van der Waals surface area contributed by atoms with E-state index in [4.69, 9.17) is 4.74 Å². The summed E-state index contributed by atoms with van der Waals surface area (Å²) in [5.74, 6) is 0.677. The van der Waals surface area contributed by atoms with Gasteiger partial charge in [-0.1, -0.05) is 23.9 Å². The van der Waals surface area contributed by atoms with Gasteiger partial charge in [0, 0.05) is 30.4 Å². The summed E-state index contributed by atoms with van der Waals surface area (Å²) in [6.45, 7) is 1.85. The Bertz CT molecular complexity index is 875. The number of thiazole rings is 1. The maximum Gasteiger partial charge on any atom is 0.239 e. The van der Waals surface area contributed by atoms with Crippen molar-refractivity contribution in [3.63, 3.8) is 0 Å². The molecular formula is C17H18N4O2S2. The van der Waals surface area contributed by atoms with E-state index in [1.165, 1.54) is 23.1 Å². The highest BCUT2D eigenvalue weighted by molar-refractivity contribution is 8.00. The molecule has 0 fully saturated rings. The predicted octanol–water partition coefficient (Wildman–Crippen LogP) is 3.67. The third-order valence-corrected chi connectivity index (χ3v) is 5.46. The van der Waals surface area contributed by atoms with Crippen molar-refractivity contribution in [3.05, 3.63) is 42.0 Å². The Kier molecular flexibility index (Phi) is 5.40. The zero-order valence-corrected chi connectivity index (χ0v) is 15.7. The molecule has 0 spiro atoms. The van der Waals surface area contributed by atoms with E-state index in [0.29, 0.717) is 5.13 Å². The van der Waals surface area contributed by atoms with Crippen LogP contribution in [0, 0.1) is 0 Å². The van der Waals surface area contributed by atoms with Gasteiger partial charge in [0.1, 0.15) is 5.75 Å². The quantitative estimate of drug-likeness (QED) is 0.667. The fourth-order valence-electron chi connectivity index (χ4n) is 2.13. The summed E-state index contributed by atoms with van der Waals surface area (Å²) in [4.78, 5) is 21.1. The molecule has 0 aliphatic heterocycles. The number of hydrogen-bond donors (Lipinski definition) is 1. The molecule has 3 aromatic rings. The number of anilines is 1. The van der Waals surface area contributed by atoms with Gasteiger partial charge in [-0.15, -0.1) is 11.3 Å².